The van der Waals surface area contributed by atoms with Gasteiger partial charge in [-0.2, -0.15) is 0 Å². The maximum Gasteiger partial charge on any atom is 0.124 e. The van der Waals surface area contributed by atoms with E-state index in [1.807, 2.05) is 24.3 Å². The molecule has 35 heavy (non-hydrogen) atoms. The summed E-state index contributed by atoms with van der Waals surface area (Å²) in [5, 5.41) is 20.5. The topological polar surface area (TPSA) is 20.2 Å². The summed E-state index contributed by atoms with van der Waals surface area (Å²) < 4.78 is 0. The molecule has 0 heterocycles. The van der Waals surface area contributed by atoms with Gasteiger partial charge in [-0.15, -0.1) is 0 Å². The van der Waals surface area contributed by atoms with E-state index in [0.717, 1.165) is 32.7 Å². The highest BCUT2D eigenvalue weighted by atomic mass is 16.3. The lowest BCUT2D eigenvalue weighted by molar-refractivity contribution is 0.478. The van der Waals surface area contributed by atoms with E-state index in [0.29, 0.717) is 5.75 Å². The molecule has 0 unspecified atom stereocenters. The molecule has 0 fully saturated rings. The van der Waals surface area contributed by atoms with Gasteiger partial charge in [0.1, 0.15) is 5.75 Å². The highest BCUT2D eigenvalue weighted by Gasteiger charge is 2.20. The normalized spacial score (nSPS) is 11.5. The van der Waals surface area contributed by atoms with Crippen LogP contribution in [0.3, 0.4) is 0 Å². The molecule has 0 aliphatic rings. The Morgan fingerprint density at radius 1 is 0.343 bits per heavy atom. The van der Waals surface area contributed by atoms with Crippen molar-refractivity contribution in [2.45, 2.75) is 0 Å². The number of phenolic OH excluding ortho intramolecular Hbond substituents is 1. The van der Waals surface area contributed by atoms with Crippen molar-refractivity contribution in [1.29, 1.82) is 0 Å². The monoisotopic (exact) mass is 446 g/mol. The fraction of sp³-hybridized carbons (Fsp3) is 0. The summed E-state index contributed by atoms with van der Waals surface area (Å²) in [5.74, 6) is 0.303. The first kappa shape index (κ1) is 19.8. The molecule has 164 valence electrons. The zero-order valence-corrected chi connectivity index (χ0v) is 19.1. The van der Waals surface area contributed by atoms with Crippen LogP contribution in [0.1, 0.15) is 0 Å². The fourth-order valence-electron chi connectivity index (χ4n) is 5.58. The average Bonchev–Trinajstić information content (AvgIpc) is 2.92. The van der Waals surface area contributed by atoms with Crippen molar-refractivity contribution in [2.24, 2.45) is 0 Å². The molecule has 0 bridgehead atoms. The summed E-state index contributed by atoms with van der Waals surface area (Å²) in [6, 6.07) is 44.5. The first-order chi connectivity index (χ1) is 17.3. The molecule has 0 atom stereocenters. The van der Waals surface area contributed by atoms with Gasteiger partial charge in [-0.05, 0) is 66.3 Å². The first-order valence-corrected chi connectivity index (χ1v) is 11.9. The van der Waals surface area contributed by atoms with Crippen molar-refractivity contribution in [1.82, 2.24) is 0 Å². The Morgan fingerprint density at radius 3 is 1.49 bits per heavy atom. The Balaban J connectivity index is 1.67. The zero-order chi connectivity index (χ0) is 23.4. The predicted octanol–water partition coefficient (Wildman–Crippen LogP) is 9.34. The highest BCUT2D eigenvalue weighted by Crippen LogP contribution is 2.47. The molecule has 0 saturated heterocycles. The predicted molar refractivity (Wildman–Crippen MR) is 149 cm³/mol. The van der Waals surface area contributed by atoms with Gasteiger partial charge < -0.3 is 5.11 Å². The number of phenols is 1. The molecule has 0 radical (unpaired) electrons. The molecular formula is C34H22O. The second-order valence-corrected chi connectivity index (χ2v) is 9.08. The summed E-state index contributed by atoms with van der Waals surface area (Å²) >= 11 is 0. The molecule has 1 N–H and O–H groups in total. The Labute approximate surface area is 203 Å². The van der Waals surface area contributed by atoms with E-state index < -0.39 is 0 Å². The van der Waals surface area contributed by atoms with Crippen molar-refractivity contribution >= 4 is 43.1 Å². The third kappa shape index (κ3) is 3.02. The van der Waals surface area contributed by atoms with Crippen LogP contribution in [0.5, 0.6) is 5.75 Å². The van der Waals surface area contributed by atoms with Crippen LogP contribution in [0.25, 0.3) is 65.3 Å². The molecule has 1 heteroatoms. The molecule has 1 nitrogen and oxygen atoms in total. The van der Waals surface area contributed by atoms with E-state index in [4.69, 9.17) is 0 Å². The van der Waals surface area contributed by atoms with E-state index in [1.54, 1.807) is 0 Å². The molecule has 0 saturated carbocycles. The minimum Gasteiger partial charge on any atom is -0.507 e. The van der Waals surface area contributed by atoms with E-state index in [-0.39, 0.29) is 0 Å². The van der Waals surface area contributed by atoms with E-state index in [9.17, 15) is 5.11 Å². The van der Waals surface area contributed by atoms with E-state index in [1.165, 1.54) is 32.7 Å². The largest absolute Gasteiger partial charge is 0.507 e. The quantitative estimate of drug-likeness (QED) is 0.262. The zero-order valence-electron chi connectivity index (χ0n) is 19.1. The Bertz CT molecular complexity index is 1860. The van der Waals surface area contributed by atoms with Crippen LogP contribution in [0.4, 0.5) is 0 Å². The molecule has 0 aliphatic heterocycles. The summed E-state index contributed by atoms with van der Waals surface area (Å²) in [4.78, 5) is 0. The molecule has 7 aromatic carbocycles. The summed E-state index contributed by atoms with van der Waals surface area (Å²) in [6.45, 7) is 0. The van der Waals surface area contributed by atoms with Gasteiger partial charge in [-0.3, -0.25) is 0 Å². The van der Waals surface area contributed by atoms with E-state index >= 15 is 0 Å². The van der Waals surface area contributed by atoms with Crippen LogP contribution in [0.15, 0.2) is 127 Å². The van der Waals surface area contributed by atoms with Crippen molar-refractivity contribution in [3.63, 3.8) is 0 Å². The lowest BCUT2D eigenvalue weighted by Gasteiger charge is -2.19. The maximum absolute atomic E-state index is 11.2. The molecular weight excluding hydrogens is 424 g/mol. The van der Waals surface area contributed by atoms with Gasteiger partial charge >= 0.3 is 0 Å². The van der Waals surface area contributed by atoms with Crippen molar-refractivity contribution in [2.75, 3.05) is 0 Å². The Hall–Kier alpha value is -4.62. The minimum absolute atomic E-state index is 0.303. The molecule has 0 aromatic heterocycles. The van der Waals surface area contributed by atoms with Gasteiger partial charge in [-0.25, -0.2) is 0 Å². The van der Waals surface area contributed by atoms with Crippen molar-refractivity contribution in [3.8, 4) is 28.0 Å². The fourth-order valence-corrected chi connectivity index (χ4v) is 5.58. The summed E-state index contributed by atoms with van der Waals surface area (Å²) in [7, 11) is 0. The van der Waals surface area contributed by atoms with Gasteiger partial charge in [0, 0.05) is 11.1 Å². The number of aromatic hydroxyl groups is 1. The number of fused-ring (bicyclic) bond motifs is 4. The lowest BCUT2D eigenvalue weighted by Crippen LogP contribution is -1.92. The van der Waals surface area contributed by atoms with Crippen LogP contribution in [-0.2, 0) is 0 Å². The first-order valence-electron chi connectivity index (χ1n) is 11.9. The molecule has 7 aromatic rings. The minimum atomic E-state index is 0.303. The Morgan fingerprint density at radius 2 is 0.829 bits per heavy atom. The number of benzene rings is 7. The lowest BCUT2D eigenvalue weighted by atomic mass is 9.84. The van der Waals surface area contributed by atoms with Crippen LogP contribution in [0.2, 0.25) is 0 Å². The molecule has 0 aliphatic carbocycles. The SMILES string of the molecule is Oc1ccc2ccccc2c1-c1c2ccccc2c(-c2ccc3ccccc3c2)c2ccccc12. The maximum atomic E-state index is 11.2. The van der Waals surface area contributed by atoms with Crippen LogP contribution < -0.4 is 0 Å². The third-order valence-electron chi connectivity index (χ3n) is 7.13. The van der Waals surface area contributed by atoms with Gasteiger partial charge in [0.15, 0.2) is 0 Å². The number of hydrogen-bond acceptors (Lipinski definition) is 1. The second-order valence-electron chi connectivity index (χ2n) is 9.08. The second kappa shape index (κ2) is 7.72. The summed E-state index contributed by atoms with van der Waals surface area (Å²) in [5.41, 5.74) is 4.39. The molecule has 7 rings (SSSR count). The van der Waals surface area contributed by atoms with Gasteiger partial charge in [0.2, 0.25) is 0 Å². The highest BCUT2D eigenvalue weighted by molar-refractivity contribution is 6.24. The smallest absolute Gasteiger partial charge is 0.124 e. The Kier molecular flexibility index (Phi) is 4.37. The molecule has 0 spiro atoms. The van der Waals surface area contributed by atoms with Crippen LogP contribution >= 0.6 is 0 Å². The third-order valence-corrected chi connectivity index (χ3v) is 7.13. The average molecular weight is 447 g/mol. The molecule has 0 amide bonds. The van der Waals surface area contributed by atoms with Crippen LogP contribution in [0, 0.1) is 0 Å². The van der Waals surface area contributed by atoms with Gasteiger partial charge in [0.25, 0.3) is 0 Å². The van der Waals surface area contributed by atoms with Gasteiger partial charge in [-0.1, -0.05) is 115 Å². The number of hydrogen-bond donors (Lipinski definition) is 1. The standard InChI is InChI=1S/C34H22O/c35-31-20-19-23-10-3-4-12-26(23)34(31)33-29-15-7-5-13-27(29)32(28-14-6-8-16-30(28)33)25-18-17-22-9-1-2-11-24(22)21-25/h1-21,35H. The summed E-state index contributed by atoms with van der Waals surface area (Å²) in [6.07, 6.45) is 0. The number of rotatable bonds is 2. The van der Waals surface area contributed by atoms with Gasteiger partial charge in [0.05, 0.1) is 0 Å². The van der Waals surface area contributed by atoms with Crippen molar-refractivity contribution in [3.05, 3.63) is 127 Å². The van der Waals surface area contributed by atoms with Crippen LogP contribution in [-0.4, -0.2) is 5.11 Å². The van der Waals surface area contributed by atoms with E-state index in [2.05, 4.69) is 103 Å². The van der Waals surface area contributed by atoms with Crippen molar-refractivity contribution < 1.29 is 5.11 Å².